The lowest BCUT2D eigenvalue weighted by molar-refractivity contribution is -0.116. The summed E-state index contributed by atoms with van der Waals surface area (Å²) in [5.41, 5.74) is 3.62. The Morgan fingerprint density at radius 1 is 1.11 bits per heavy atom. The van der Waals surface area contributed by atoms with Crippen LogP contribution >= 0.6 is 0 Å². The fraction of sp³-hybridized carbons (Fsp3) is 0.350. The summed E-state index contributed by atoms with van der Waals surface area (Å²) in [6.07, 6.45) is 1.63. The third kappa shape index (κ3) is 6.37. The zero-order valence-corrected chi connectivity index (χ0v) is 17.0. The number of benzene rings is 2. The largest absolute Gasteiger partial charge is 0.497 e. The van der Waals surface area contributed by atoms with Gasteiger partial charge in [0.1, 0.15) is 5.75 Å². The molecule has 2 rings (SSSR count). The van der Waals surface area contributed by atoms with E-state index in [2.05, 4.69) is 5.32 Å². The van der Waals surface area contributed by atoms with E-state index in [0.717, 1.165) is 28.7 Å². The minimum atomic E-state index is -3.51. The van der Waals surface area contributed by atoms with Crippen LogP contribution in [-0.2, 0) is 21.2 Å². The molecule has 0 radical (unpaired) electrons. The molecule has 0 spiro atoms. The summed E-state index contributed by atoms with van der Waals surface area (Å²) >= 11 is 0. The summed E-state index contributed by atoms with van der Waals surface area (Å²) in [6, 6.07) is 13.2. The average Bonchev–Trinajstić information content (AvgIpc) is 2.61. The molecule has 2 aromatic carbocycles. The highest BCUT2D eigenvalue weighted by Gasteiger charge is 2.20. The Balaban J connectivity index is 2.03. The molecule has 0 atom stereocenters. The highest BCUT2D eigenvalue weighted by atomic mass is 32.2. The number of amides is 1. The maximum atomic E-state index is 12.4. The van der Waals surface area contributed by atoms with Gasteiger partial charge in [-0.2, -0.15) is 4.31 Å². The molecule has 1 N–H and O–H groups in total. The first-order chi connectivity index (χ1) is 12.7. The smallest absolute Gasteiger partial charge is 0.239 e. The Bertz CT molecular complexity index is 893. The number of methoxy groups -OCH3 is 1. The van der Waals surface area contributed by atoms with Crippen LogP contribution in [0.25, 0.3) is 0 Å². The van der Waals surface area contributed by atoms with E-state index >= 15 is 0 Å². The van der Waals surface area contributed by atoms with Gasteiger partial charge < -0.3 is 10.1 Å². The first kappa shape index (κ1) is 20.9. The van der Waals surface area contributed by atoms with E-state index in [0.29, 0.717) is 12.1 Å². The first-order valence-electron chi connectivity index (χ1n) is 8.64. The van der Waals surface area contributed by atoms with Crippen molar-refractivity contribution in [1.82, 2.24) is 4.31 Å². The standard InChI is InChI=1S/C20H26N2O4S/c1-15-5-6-16(2)19(13-15)21-20(23)14-22(27(4,24)25)12-11-17-7-9-18(26-3)10-8-17/h5-10,13H,11-12,14H2,1-4H3,(H,21,23). The minimum Gasteiger partial charge on any atom is -0.497 e. The Morgan fingerprint density at radius 2 is 1.78 bits per heavy atom. The van der Waals surface area contributed by atoms with E-state index in [9.17, 15) is 13.2 Å². The van der Waals surface area contributed by atoms with Crippen molar-refractivity contribution in [3.8, 4) is 5.75 Å². The van der Waals surface area contributed by atoms with Gasteiger partial charge >= 0.3 is 0 Å². The van der Waals surface area contributed by atoms with Crippen LogP contribution < -0.4 is 10.1 Å². The van der Waals surface area contributed by atoms with Gasteiger partial charge in [0.2, 0.25) is 15.9 Å². The van der Waals surface area contributed by atoms with Crippen LogP contribution in [0.5, 0.6) is 5.75 Å². The van der Waals surface area contributed by atoms with Crippen molar-refractivity contribution in [3.05, 3.63) is 59.2 Å². The van der Waals surface area contributed by atoms with Crippen LogP contribution in [-0.4, -0.2) is 45.1 Å². The number of aryl methyl sites for hydroxylation is 2. The molecular weight excluding hydrogens is 364 g/mol. The normalized spacial score (nSPS) is 11.4. The maximum absolute atomic E-state index is 12.4. The van der Waals surface area contributed by atoms with Gasteiger partial charge in [0.25, 0.3) is 0 Å². The van der Waals surface area contributed by atoms with Gasteiger partial charge in [0, 0.05) is 12.2 Å². The molecule has 1 amide bonds. The minimum absolute atomic E-state index is 0.220. The molecule has 0 heterocycles. The van der Waals surface area contributed by atoms with Gasteiger partial charge in [-0.15, -0.1) is 0 Å². The van der Waals surface area contributed by atoms with Gasteiger partial charge in [-0.1, -0.05) is 24.3 Å². The summed E-state index contributed by atoms with van der Waals surface area (Å²) in [6.45, 7) is 3.84. The quantitative estimate of drug-likeness (QED) is 0.752. The summed E-state index contributed by atoms with van der Waals surface area (Å²) < 4.78 is 30.5. The summed E-state index contributed by atoms with van der Waals surface area (Å²) in [5, 5.41) is 2.81. The molecule has 0 aliphatic heterocycles. The molecule has 0 aromatic heterocycles. The second-order valence-electron chi connectivity index (χ2n) is 6.56. The molecule has 27 heavy (non-hydrogen) atoms. The Labute approximate surface area is 161 Å². The van der Waals surface area contributed by atoms with Crippen molar-refractivity contribution in [1.29, 1.82) is 0 Å². The number of hydrogen-bond acceptors (Lipinski definition) is 4. The molecule has 6 nitrogen and oxygen atoms in total. The highest BCUT2D eigenvalue weighted by Crippen LogP contribution is 2.17. The molecule has 0 aliphatic rings. The monoisotopic (exact) mass is 390 g/mol. The van der Waals surface area contributed by atoms with E-state index in [-0.39, 0.29) is 19.0 Å². The van der Waals surface area contributed by atoms with Gasteiger partial charge in [0.05, 0.1) is 19.9 Å². The predicted molar refractivity (Wildman–Crippen MR) is 108 cm³/mol. The van der Waals surface area contributed by atoms with Gasteiger partial charge in [-0.25, -0.2) is 8.42 Å². The molecule has 0 fully saturated rings. The maximum Gasteiger partial charge on any atom is 0.239 e. The van der Waals surface area contributed by atoms with Crippen LogP contribution in [0.15, 0.2) is 42.5 Å². The van der Waals surface area contributed by atoms with Crippen molar-refractivity contribution < 1.29 is 17.9 Å². The number of rotatable bonds is 8. The van der Waals surface area contributed by atoms with Crippen molar-refractivity contribution in [2.75, 3.05) is 31.8 Å². The van der Waals surface area contributed by atoms with E-state index < -0.39 is 10.0 Å². The van der Waals surface area contributed by atoms with E-state index in [1.165, 1.54) is 4.31 Å². The van der Waals surface area contributed by atoms with E-state index in [1.807, 2.05) is 56.3 Å². The Hall–Kier alpha value is -2.38. The molecule has 0 unspecified atom stereocenters. The molecule has 7 heteroatoms. The van der Waals surface area contributed by atoms with Crippen molar-refractivity contribution in [3.63, 3.8) is 0 Å². The van der Waals surface area contributed by atoms with Crippen LogP contribution in [0.3, 0.4) is 0 Å². The fourth-order valence-electron chi connectivity index (χ4n) is 2.63. The van der Waals surface area contributed by atoms with E-state index in [4.69, 9.17) is 4.74 Å². The third-order valence-electron chi connectivity index (χ3n) is 4.27. The molecule has 2 aromatic rings. The number of nitrogens with zero attached hydrogens (tertiary/aromatic N) is 1. The second-order valence-corrected chi connectivity index (χ2v) is 8.54. The molecule has 0 bridgehead atoms. The summed E-state index contributed by atoms with van der Waals surface area (Å²) in [4.78, 5) is 12.4. The second kappa shape index (κ2) is 9.01. The fourth-order valence-corrected chi connectivity index (χ4v) is 3.40. The highest BCUT2D eigenvalue weighted by molar-refractivity contribution is 7.88. The average molecular weight is 391 g/mol. The molecule has 146 valence electrons. The predicted octanol–water partition coefficient (Wildman–Crippen LogP) is 2.75. The number of hydrogen-bond donors (Lipinski definition) is 1. The number of nitrogens with one attached hydrogen (secondary N) is 1. The molecule has 0 saturated carbocycles. The lowest BCUT2D eigenvalue weighted by atomic mass is 10.1. The zero-order valence-electron chi connectivity index (χ0n) is 16.2. The lowest BCUT2D eigenvalue weighted by Crippen LogP contribution is -2.38. The van der Waals surface area contributed by atoms with Crippen LogP contribution in [0.1, 0.15) is 16.7 Å². The van der Waals surface area contributed by atoms with Crippen molar-refractivity contribution >= 4 is 21.6 Å². The van der Waals surface area contributed by atoms with Crippen LogP contribution in [0.4, 0.5) is 5.69 Å². The van der Waals surface area contributed by atoms with Gasteiger partial charge in [-0.05, 0) is 55.2 Å². The summed E-state index contributed by atoms with van der Waals surface area (Å²) in [5.74, 6) is 0.385. The molecule has 0 aliphatic carbocycles. The number of anilines is 1. The third-order valence-corrected chi connectivity index (χ3v) is 5.51. The SMILES string of the molecule is COc1ccc(CCN(CC(=O)Nc2cc(C)ccc2C)S(C)(=O)=O)cc1. The topological polar surface area (TPSA) is 75.7 Å². The first-order valence-corrected chi connectivity index (χ1v) is 10.5. The zero-order chi connectivity index (χ0) is 20.0. The summed E-state index contributed by atoms with van der Waals surface area (Å²) in [7, 11) is -1.91. The van der Waals surface area contributed by atoms with Gasteiger partial charge in [0.15, 0.2) is 0 Å². The number of carbonyl (C=O) groups excluding carboxylic acids is 1. The Morgan fingerprint density at radius 3 is 2.37 bits per heavy atom. The van der Waals surface area contributed by atoms with Crippen molar-refractivity contribution in [2.45, 2.75) is 20.3 Å². The van der Waals surface area contributed by atoms with E-state index in [1.54, 1.807) is 7.11 Å². The number of carbonyl (C=O) groups is 1. The lowest BCUT2D eigenvalue weighted by Gasteiger charge is -2.20. The number of sulfonamides is 1. The van der Waals surface area contributed by atoms with Crippen LogP contribution in [0, 0.1) is 13.8 Å². The molecular formula is C20H26N2O4S. The Kier molecular flexibility index (Phi) is 6.98. The van der Waals surface area contributed by atoms with Crippen molar-refractivity contribution in [2.24, 2.45) is 0 Å². The van der Waals surface area contributed by atoms with Gasteiger partial charge in [-0.3, -0.25) is 4.79 Å². The van der Waals surface area contributed by atoms with Crippen LogP contribution in [0.2, 0.25) is 0 Å². The number of ether oxygens (including phenoxy) is 1. The molecule has 0 saturated heterocycles.